The summed E-state index contributed by atoms with van der Waals surface area (Å²) in [6.45, 7) is 5.70. The number of carbonyl (C=O) groups excluding carboxylic acids is 1. The fraction of sp³-hybridized carbons (Fsp3) is 0.440. The van der Waals surface area contributed by atoms with Crippen molar-refractivity contribution >= 4 is 34.5 Å². The Hall–Kier alpha value is -2.82. The van der Waals surface area contributed by atoms with Gasteiger partial charge >= 0.3 is 0 Å². The van der Waals surface area contributed by atoms with E-state index in [1.807, 2.05) is 6.07 Å². The molecule has 2 saturated heterocycles. The van der Waals surface area contributed by atoms with Gasteiger partial charge in [-0.2, -0.15) is 0 Å². The van der Waals surface area contributed by atoms with Crippen molar-refractivity contribution in [1.29, 1.82) is 0 Å². The molecule has 3 aromatic rings. The average molecular weight is 495 g/mol. The van der Waals surface area contributed by atoms with Gasteiger partial charge in [-0.1, -0.05) is 0 Å². The fourth-order valence-corrected chi connectivity index (χ4v) is 6.28. The van der Waals surface area contributed by atoms with Crippen LogP contribution in [0, 0.1) is 17.7 Å². The fourth-order valence-electron chi connectivity index (χ4n) is 5.52. The topological polar surface area (TPSA) is 83.5 Å². The van der Waals surface area contributed by atoms with Gasteiger partial charge in [-0.25, -0.2) is 14.4 Å². The predicted molar refractivity (Wildman–Crippen MR) is 132 cm³/mol. The molecule has 0 bridgehead atoms. The molecular weight excluding hydrogens is 467 g/mol. The van der Waals surface area contributed by atoms with Crippen molar-refractivity contribution in [2.24, 2.45) is 11.8 Å². The van der Waals surface area contributed by atoms with E-state index < -0.39 is 0 Å². The number of nitrogens with one attached hydrogen (secondary N) is 1. The Morgan fingerprint density at radius 2 is 1.91 bits per heavy atom. The maximum atomic E-state index is 14.6. The van der Waals surface area contributed by atoms with Gasteiger partial charge < -0.3 is 15.0 Å². The van der Waals surface area contributed by atoms with Crippen molar-refractivity contribution in [2.45, 2.75) is 17.9 Å². The number of hydrogen-bond acceptors (Lipinski definition) is 8. The van der Waals surface area contributed by atoms with E-state index in [1.54, 1.807) is 13.2 Å². The van der Waals surface area contributed by atoms with Gasteiger partial charge in [0.15, 0.2) is 0 Å². The molecule has 35 heavy (non-hydrogen) atoms. The van der Waals surface area contributed by atoms with Gasteiger partial charge in [0.2, 0.25) is 11.8 Å². The number of pyridine rings is 3. The molecule has 0 aromatic carbocycles. The van der Waals surface area contributed by atoms with Gasteiger partial charge in [-0.15, -0.1) is 11.8 Å². The standard InChI is InChI=1S/C25H27FN6O2S/c1-34-23-5-3-20-24(30-23)18(19(26)8-27-20)6-7-31-9-15-11-32(12-16(15)10-31)13-17-2-4-21-25(28-17)29-22(33)14-35-21/h2-5,8,15-16H,6-7,9-14H2,1H3,(H,28,29,33)/t15-,16+. The van der Waals surface area contributed by atoms with Gasteiger partial charge in [0.1, 0.15) is 11.6 Å². The number of anilines is 1. The van der Waals surface area contributed by atoms with Crippen LogP contribution in [0.5, 0.6) is 5.88 Å². The van der Waals surface area contributed by atoms with Crippen LogP contribution in [0.25, 0.3) is 11.0 Å². The minimum absolute atomic E-state index is 0.0116. The van der Waals surface area contributed by atoms with E-state index in [2.05, 4.69) is 42.2 Å². The van der Waals surface area contributed by atoms with Gasteiger partial charge in [-0.05, 0) is 36.5 Å². The summed E-state index contributed by atoms with van der Waals surface area (Å²) in [4.78, 5) is 30.9. The zero-order valence-corrected chi connectivity index (χ0v) is 20.4. The summed E-state index contributed by atoms with van der Waals surface area (Å²) in [7, 11) is 1.56. The highest BCUT2D eigenvalue weighted by Crippen LogP contribution is 2.34. The second kappa shape index (κ2) is 9.33. The average Bonchev–Trinajstić information content (AvgIpc) is 3.41. The molecule has 3 aliphatic rings. The van der Waals surface area contributed by atoms with Crippen molar-refractivity contribution in [2.75, 3.05) is 50.9 Å². The Morgan fingerprint density at radius 3 is 2.71 bits per heavy atom. The van der Waals surface area contributed by atoms with E-state index >= 15 is 0 Å². The van der Waals surface area contributed by atoms with Gasteiger partial charge in [0, 0.05) is 50.9 Å². The number of fused-ring (bicyclic) bond motifs is 3. The molecule has 0 spiro atoms. The largest absolute Gasteiger partial charge is 0.481 e. The Labute approximate surface area is 207 Å². The number of ether oxygens (including phenoxy) is 1. The van der Waals surface area contributed by atoms with Crippen molar-refractivity contribution < 1.29 is 13.9 Å². The normalized spacial score (nSPS) is 22.3. The van der Waals surface area contributed by atoms with E-state index in [1.165, 1.54) is 18.0 Å². The summed E-state index contributed by atoms with van der Waals surface area (Å²) in [6, 6.07) is 7.70. The number of halogens is 1. The lowest BCUT2D eigenvalue weighted by atomic mass is 10.0. The molecule has 10 heteroatoms. The molecule has 0 saturated carbocycles. The highest BCUT2D eigenvalue weighted by atomic mass is 32.2. The van der Waals surface area contributed by atoms with Crippen molar-refractivity contribution in [1.82, 2.24) is 24.8 Å². The van der Waals surface area contributed by atoms with Crippen LogP contribution in [-0.2, 0) is 17.8 Å². The van der Waals surface area contributed by atoms with E-state index in [0.29, 0.717) is 52.3 Å². The maximum absolute atomic E-state index is 14.6. The number of aromatic nitrogens is 3. The summed E-state index contributed by atoms with van der Waals surface area (Å²) >= 11 is 1.54. The molecule has 1 N–H and O–H groups in total. The SMILES string of the molecule is COc1ccc2ncc(F)c(CCN3C[C@@H]4CN(Cc5ccc6c(n5)NC(=O)CS6)C[C@@H]4C3)c2n1. The molecule has 0 aliphatic carbocycles. The van der Waals surface area contributed by atoms with Crippen molar-refractivity contribution in [3.05, 3.63) is 47.5 Å². The van der Waals surface area contributed by atoms with Crippen LogP contribution >= 0.6 is 11.8 Å². The summed E-state index contributed by atoms with van der Waals surface area (Å²) in [5.74, 6) is 2.54. The molecule has 6 heterocycles. The molecule has 0 radical (unpaired) electrons. The summed E-state index contributed by atoms with van der Waals surface area (Å²) < 4.78 is 19.9. The van der Waals surface area contributed by atoms with Gasteiger partial charge in [0.25, 0.3) is 0 Å². The summed E-state index contributed by atoms with van der Waals surface area (Å²) in [6.07, 6.45) is 1.89. The molecule has 0 unspecified atom stereocenters. The predicted octanol–water partition coefficient (Wildman–Crippen LogP) is 2.82. The first-order chi connectivity index (χ1) is 17.1. The minimum Gasteiger partial charge on any atom is -0.481 e. The van der Waals surface area contributed by atoms with Crippen LogP contribution in [-0.4, -0.2) is 76.2 Å². The quantitative estimate of drug-likeness (QED) is 0.560. The minimum atomic E-state index is -0.309. The number of carbonyl (C=O) groups is 1. The zero-order valence-electron chi connectivity index (χ0n) is 19.5. The molecule has 3 aromatic heterocycles. The third-order valence-electron chi connectivity index (χ3n) is 7.18. The Balaban J connectivity index is 1.06. The Bertz CT molecular complexity index is 1280. The van der Waals surface area contributed by atoms with Gasteiger partial charge in [-0.3, -0.25) is 14.7 Å². The van der Waals surface area contributed by atoms with Crippen LogP contribution in [0.4, 0.5) is 10.2 Å². The number of thioether (sulfide) groups is 1. The van der Waals surface area contributed by atoms with Crippen molar-refractivity contribution in [3.63, 3.8) is 0 Å². The van der Waals surface area contributed by atoms with E-state index in [4.69, 9.17) is 4.74 Å². The third-order valence-corrected chi connectivity index (χ3v) is 8.23. The second-order valence-corrected chi connectivity index (χ2v) is 10.5. The first kappa shape index (κ1) is 22.6. The number of hydrogen-bond donors (Lipinski definition) is 1. The van der Waals surface area contributed by atoms with Crippen molar-refractivity contribution in [3.8, 4) is 5.88 Å². The molecule has 3 aliphatic heterocycles. The zero-order chi connectivity index (χ0) is 23.9. The van der Waals surface area contributed by atoms with Crippen LogP contribution < -0.4 is 10.1 Å². The highest BCUT2D eigenvalue weighted by Gasteiger charge is 2.39. The molecule has 2 atom stereocenters. The van der Waals surface area contributed by atoms with E-state index in [-0.39, 0.29) is 11.7 Å². The summed E-state index contributed by atoms with van der Waals surface area (Å²) in [5.41, 5.74) is 2.87. The lowest BCUT2D eigenvalue weighted by Gasteiger charge is -2.22. The molecule has 2 fully saturated rings. The van der Waals surface area contributed by atoms with E-state index in [0.717, 1.165) is 49.9 Å². The monoisotopic (exact) mass is 494 g/mol. The number of nitrogens with zero attached hydrogens (tertiary/aromatic N) is 5. The molecule has 8 nitrogen and oxygen atoms in total. The van der Waals surface area contributed by atoms with Crippen LogP contribution in [0.3, 0.4) is 0 Å². The first-order valence-corrected chi connectivity index (χ1v) is 12.9. The Morgan fingerprint density at radius 1 is 1.11 bits per heavy atom. The highest BCUT2D eigenvalue weighted by molar-refractivity contribution is 8.00. The number of methoxy groups -OCH3 is 1. The lowest BCUT2D eigenvalue weighted by molar-refractivity contribution is -0.113. The maximum Gasteiger partial charge on any atom is 0.235 e. The van der Waals surface area contributed by atoms with Crippen LogP contribution in [0.2, 0.25) is 0 Å². The number of rotatable bonds is 6. The number of amides is 1. The third kappa shape index (κ3) is 4.57. The second-order valence-electron chi connectivity index (χ2n) is 9.52. The smallest absolute Gasteiger partial charge is 0.235 e. The molecular formula is C25H27FN6O2S. The van der Waals surface area contributed by atoms with Crippen LogP contribution in [0.1, 0.15) is 11.3 Å². The molecule has 1 amide bonds. The summed E-state index contributed by atoms with van der Waals surface area (Å²) in [5, 5.41) is 2.88. The number of likely N-dealkylation sites (tertiary alicyclic amines) is 2. The van der Waals surface area contributed by atoms with E-state index in [9.17, 15) is 9.18 Å². The van der Waals surface area contributed by atoms with Crippen LogP contribution in [0.15, 0.2) is 35.4 Å². The lowest BCUT2D eigenvalue weighted by Crippen LogP contribution is -2.30. The molecule has 182 valence electrons. The Kier molecular flexibility index (Phi) is 6.03. The molecule has 6 rings (SSSR count). The van der Waals surface area contributed by atoms with Gasteiger partial charge in [0.05, 0.1) is 40.7 Å². The first-order valence-electron chi connectivity index (χ1n) is 11.9.